The number of sulfonamides is 1. The van der Waals surface area contributed by atoms with Gasteiger partial charge >= 0.3 is 0 Å². The number of methoxy groups -OCH3 is 2. The second-order valence-electron chi connectivity index (χ2n) is 7.51. The molecular weight excluding hydrogens is 418 g/mol. The normalized spacial score (nSPS) is 16.0. The van der Waals surface area contributed by atoms with Gasteiger partial charge in [0, 0.05) is 32.2 Å². The van der Waals surface area contributed by atoms with Crippen molar-refractivity contribution in [1.29, 1.82) is 0 Å². The van der Waals surface area contributed by atoms with Crippen LogP contribution < -0.4 is 14.2 Å². The van der Waals surface area contributed by atoms with Crippen molar-refractivity contribution >= 4 is 15.9 Å². The average molecular weight is 448 g/mol. The molecule has 0 radical (unpaired) electrons. The van der Waals surface area contributed by atoms with Crippen molar-refractivity contribution in [3.8, 4) is 11.5 Å². The summed E-state index contributed by atoms with van der Waals surface area (Å²) in [4.78, 5) is 17.2. The second-order valence-corrected chi connectivity index (χ2v) is 9.22. The molecule has 168 valence electrons. The molecule has 31 heavy (non-hydrogen) atoms. The zero-order valence-electron chi connectivity index (χ0n) is 18.1. The molecule has 0 spiro atoms. The smallest absolute Gasteiger partial charge is 0.241 e. The van der Waals surface area contributed by atoms with Gasteiger partial charge in [0.05, 0.1) is 19.1 Å². The maximum Gasteiger partial charge on any atom is 0.241 e. The molecule has 1 amide bonds. The first-order valence-electron chi connectivity index (χ1n) is 10.1. The number of ether oxygens (including phenoxy) is 2. The maximum atomic E-state index is 13.3. The minimum absolute atomic E-state index is 0.00869. The molecule has 2 aromatic carbocycles. The molecule has 1 aliphatic heterocycles. The molecular formula is C22H29N3O5S. The van der Waals surface area contributed by atoms with Crippen molar-refractivity contribution in [2.45, 2.75) is 17.4 Å². The van der Waals surface area contributed by atoms with Crippen LogP contribution in [0, 0.1) is 0 Å². The molecule has 1 saturated heterocycles. The third kappa shape index (κ3) is 5.75. The Balaban J connectivity index is 1.87. The Kier molecular flexibility index (Phi) is 7.53. The first-order chi connectivity index (χ1) is 14.8. The molecule has 1 aliphatic rings. The first-order valence-corrected chi connectivity index (χ1v) is 11.6. The number of piperazine rings is 1. The summed E-state index contributed by atoms with van der Waals surface area (Å²) in [5.41, 5.74) is 0.880. The summed E-state index contributed by atoms with van der Waals surface area (Å²) in [7, 11) is 0.950. The summed E-state index contributed by atoms with van der Waals surface area (Å²) in [6.07, 6.45) is 0.262. The third-order valence-corrected chi connectivity index (χ3v) is 6.83. The van der Waals surface area contributed by atoms with Crippen LogP contribution in [-0.4, -0.2) is 77.6 Å². The topological polar surface area (TPSA) is 88.2 Å². The molecule has 1 heterocycles. The highest BCUT2D eigenvalue weighted by atomic mass is 32.2. The molecule has 1 N–H and O–H groups in total. The maximum absolute atomic E-state index is 13.3. The number of hydrogen-bond donors (Lipinski definition) is 1. The van der Waals surface area contributed by atoms with E-state index in [4.69, 9.17) is 9.47 Å². The number of amides is 1. The Morgan fingerprint density at radius 3 is 2.26 bits per heavy atom. The van der Waals surface area contributed by atoms with Gasteiger partial charge in [-0.1, -0.05) is 30.3 Å². The molecule has 3 rings (SSSR count). The largest absolute Gasteiger partial charge is 0.493 e. The van der Waals surface area contributed by atoms with Crippen LogP contribution in [0.2, 0.25) is 0 Å². The molecule has 0 aromatic heterocycles. The molecule has 1 atom stereocenters. The molecule has 1 unspecified atom stereocenters. The predicted octanol–water partition coefficient (Wildman–Crippen LogP) is 1.37. The van der Waals surface area contributed by atoms with Gasteiger partial charge < -0.3 is 19.3 Å². The van der Waals surface area contributed by atoms with Crippen molar-refractivity contribution < 1.29 is 22.7 Å². The number of hydrogen-bond acceptors (Lipinski definition) is 6. The van der Waals surface area contributed by atoms with Crippen molar-refractivity contribution in [2.75, 3.05) is 47.4 Å². The van der Waals surface area contributed by atoms with Gasteiger partial charge in [0.15, 0.2) is 11.5 Å². The highest BCUT2D eigenvalue weighted by molar-refractivity contribution is 7.89. The van der Waals surface area contributed by atoms with E-state index in [9.17, 15) is 13.2 Å². The van der Waals surface area contributed by atoms with Crippen LogP contribution in [0.3, 0.4) is 0 Å². The summed E-state index contributed by atoms with van der Waals surface area (Å²) in [5, 5.41) is 0. The van der Waals surface area contributed by atoms with Gasteiger partial charge in [-0.15, -0.1) is 0 Å². The highest BCUT2D eigenvalue weighted by Crippen LogP contribution is 2.29. The number of benzene rings is 2. The number of nitrogens with one attached hydrogen (secondary N) is 1. The minimum Gasteiger partial charge on any atom is -0.493 e. The molecule has 1 fully saturated rings. The van der Waals surface area contributed by atoms with Crippen molar-refractivity contribution in [3.63, 3.8) is 0 Å². The van der Waals surface area contributed by atoms with Crippen LogP contribution in [0.5, 0.6) is 11.5 Å². The number of rotatable bonds is 8. The van der Waals surface area contributed by atoms with Crippen LogP contribution in [0.25, 0.3) is 0 Å². The van der Waals surface area contributed by atoms with Crippen LogP contribution in [0.15, 0.2) is 53.4 Å². The third-order valence-electron chi connectivity index (χ3n) is 5.36. The number of likely N-dealkylation sites (N-methyl/N-ethyl adjacent to an activating group) is 1. The van der Waals surface area contributed by atoms with Crippen LogP contribution in [0.1, 0.15) is 5.56 Å². The molecule has 9 heteroatoms. The fraction of sp³-hybridized carbons (Fsp3) is 0.409. The van der Waals surface area contributed by atoms with Crippen molar-refractivity contribution in [3.05, 3.63) is 54.1 Å². The van der Waals surface area contributed by atoms with Crippen LogP contribution >= 0.6 is 0 Å². The number of carbonyl (C=O) groups is 1. The Hall–Kier alpha value is -2.62. The van der Waals surface area contributed by atoms with Gasteiger partial charge in [0.1, 0.15) is 6.04 Å². The lowest BCUT2D eigenvalue weighted by atomic mass is 10.1. The quantitative estimate of drug-likeness (QED) is 0.658. The second kappa shape index (κ2) is 10.1. The van der Waals surface area contributed by atoms with Gasteiger partial charge in [-0.25, -0.2) is 8.42 Å². The lowest BCUT2D eigenvalue weighted by molar-refractivity contribution is -0.134. The van der Waals surface area contributed by atoms with Gasteiger partial charge in [0.2, 0.25) is 15.9 Å². The molecule has 0 saturated carbocycles. The number of nitrogens with zero attached hydrogens (tertiary/aromatic N) is 2. The fourth-order valence-corrected chi connectivity index (χ4v) is 4.72. The van der Waals surface area contributed by atoms with E-state index in [-0.39, 0.29) is 17.2 Å². The van der Waals surface area contributed by atoms with E-state index in [0.717, 1.165) is 18.7 Å². The van der Waals surface area contributed by atoms with E-state index in [1.54, 1.807) is 4.90 Å². The molecule has 0 aliphatic carbocycles. The Labute approximate surface area is 183 Å². The fourth-order valence-electron chi connectivity index (χ4n) is 3.52. The first kappa shape index (κ1) is 23.1. The summed E-state index contributed by atoms with van der Waals surface area (Å²) in [6, 6.07) is 12.8. The molecule has 0 bridgehead atoms. The lowest BCUT2D eigenvalue weighted by Gasteiger charge is -2.34. The number of carbonyl (C=O) groups excluding carboxylic acids is 1. The minimum atomic E-state index is -3.98. The van der Waals surface area contributed by atoms with Gasteiger partial charge in [-0.2, -0.15) is 4.72 Å². The van der Waals surface area contributed by atoms with Crippen molar-refractivity contribution in [1.82, 2.24) is 14.5 Å². The Bertz CT molecular complexity index is 989. The SMILES string of the molecule is COc1ccc(S(=O)(=O)NC(Cc2ccccc2)C(=O)N2CCN(C)CC2)cc1OC. The van der Waals surface area contributed by atoms with E-state index in [1.165, 1.54) is 32.4 Å². The highest BCUT2D eigenvalue weighted by Gasteiger charge is 2.31. The van der Waals surface area contributed by atoms with Crippen molar-refractivity contribution in [2.24, 2.45) is 0 Å². The summed E-state index contributed by atoms with van der Waals surface area (Å²) in [5.74, 6) is 0.507. The van der Waals surface area contributed by atoms with E-state index in [0.29, 0.717) is 24.6 Å². The van der Waals surface area contributed by atoms with E-state index < -0.39 is 16.1 Å². The van der Waals surface area contributed by atoms with E-state index in [1.807, 2.05) is 37.4 Å². The van der Waals surface area contributed by atoms with Crippen LogP contribution in [-0.2, 0) is 21.2 Å². The predicted molar refractivity (Wildman–Crippen MR) is 118 cm³/mol. The monoisotopic (exact) mass is 447 g/mol. The zero-order valence-corrected chi connectivity index (χ0v) is 18.9. The molecule has 8 nitrogen and oxygen atoms in total. The lowest BCUT2D eigenvalue weighted by Crippen LogP contribution is -2.54. The zero-order chi connectivity index (χ0) is 22.4. The standard InChI is InChI=1S/C22H29N3O5S/c1-24-11-13-25(14-12-24)22(26)19(15-17-7-5-4-6-8-17)23-31(27,28)18-9-10-20(29-2)21(16-18)30-3/h4-10,16,19,23H,11-15H2,1-3H3. The Morgan fingerprint density at radius 2 is 1.65 bits per heavy atom. The summed E-state index contributed by atoms with van der Waals surface area (Å²) >= 11 is 0. The van der Waals surface area contributed by atoms with Gasteiger partial charge in [0.25, 0.3) is 0 Å². The summed E-state index contributed by atoms with van der Waals surface area (Å²) < 4.78 is 39.3. The summed E-state index contributed by atoms with van der Waals surface area (Å²) in [6.45, 7) is 2.65. The van der Waals surface area contributed by atoms with Gasteiger partial charge in [-0.05, 0) is 31.2 Å². The Morgan fingerprint density at radius 1 is 1.00 bits per heavy atom. The van der Waals surface area contributed by atoms with Gasteiger partial charge in [-0.3, -0.25) is 4.79 Å². The van der Waals surface area contributed by atoms with E-state index >= 15 is 0 Å². The average Bonchev–Trinajstić information content (AvgIpc) is 2.78. The van der Waals surface area contributed by atoms with Crippen LogP contribution in [0.4, 0.5) is 0 Å². The molecule has 2 aromatic rings. The van der Waals surface area contributed by atoms with E-state index in [2.05, 4.69) is 9.62 Å².